The lowest BCUT2D eigenvalue weighted by Gasteiger charge is -2.07. The van der Waals surface area contributed by atoms with Crippen molar-refractivity contribution in [1.82, 2.24) is 4.90 Å². The van der Waals surface area contributed by atoms with E-state index in [1.165, 1.54) is 6.08 Å². The Balaban J connectivity index is 2.90. The normalized spacial score (nSPS) is 10.4. The van der Waals surface area contributed by atoms with Crippen molar-refractivity contribution in [3.63, 3.8) is 0 Å². The first kappa shape index (κ1) is 12.3. The molecule has 0 saturated heterocycles. The van der Waals surface area contributed by atoms with Gasteiger partial charge in [-0.25, -0.2) is 0 Å². The number of carbonyl (C=O) groups is 1. The van der Waals surface area contributed by atoms with Crippen LogP contribution in [0.3, 0.4) is 0 Å². The number of nitrogens with zero attached hydrogens (tertiary/aromatic N) is 1. The van der Waals surface area contributed by atoms with Crippen LogP contribution in [0.25, 0.3) is 0 Å². The van der Waals surface area contributed by atoms with Crippen LogP contribution in [-0.2, 0) is 0 Å². The SMILES string of the molecule is CCOc1ccccc1C(=O)C=CN(C)C. The number of hydrogen-bond donors (Lipinski definition) is 0. The van der Waals surface area contributed by atoms with Crippen molar-refractivity contribution in [2.24, 2.45) is 0 Å². The Hall–Kier alpha value is -1.77. The van der Waals surface area contributed by atoms with E-state index in [0.29, 0.717) is 17.9 Å². The monoisotopic (exact) mass is 219 g/mol. The molecule has 3 nitrogen and oxygen atoms in total. The molecule has 0 aromatic heterocycles. The van der Waals surface area contributed by atoms with Crippen molar-refractivity contribution >= 4 is 5.78 Å². The molecule has 86 valence electrons. The van der Waals surface area contributed by atoms with Gasteiger partial charge in [0.2, 0.25) is 0 Å². The van der Waals surface area contributed by atoms with Crippen LogP contribution in [0.5, 0.6) is 5.75 Å². The number of hydrogen-bond acceptors (Lipinski definition) is 3. The number of benzene rings is 1. The molecular weight excluding hydrogens is 202 g/mol. The van der Waals surface area contributed by atoms with Crippen LogP contribution >= 0.6 is 0 Å². The highest BCUT2D eigenvalue weighted by Crippen LogP contribution is 2.18. The van der Waals surface area contributed by atoms with E-state index in [-0.39, 0.29) is 5.78 Å². The summed E-state index contributed by atoms with van der Waals surface area (Å²) < 4.78 is 5.40. The highest BCUT2D eigenvalue weighted by molar-refractivity contribution is 6.06. The van der Waals surface area contributed by atoms with Crippen molar-refractivity contribution < 1.29 is 9.53 Å². The largest absolute Gasteiger partial charge is 0.493 e. The average Bonchev–Trinajstić information content (AvgIpc) is 2.27. The standard InChI is InChI=1S/C13H17NO2/c1-4-16-13-8-6-5-7-11(13)12(15)9-10-14(2)3/h5-10H,4H2,1-3H3. The van der Waals surface area contributed by atoms with Gasteiger partial charge in [0.1, 0.15) is 5.75 Å². The van der Waals surface area contributed by atoms with Gasteiger partial charge in [-0.15, -0.1) is 0 Å². The highest BCUT2D eigenvalue weighted by Gasteiger charge is 2.08. The van der Waals surface area contributed by atoms with Gasteiger partial charge in [0.15, 0.2) is 5.78 Å². The minimum atomic E-state index is -0.0437. The first-order valence-electron chi connectivity index (χ1n) is 5.26. The molecular formula is C13H17NO2. The summed E-state index contributed by atoms with van der Waals surface area (Å²) >= 11 is 0. The number of allylic oxidation sites excluding steroid dienone is 1. The topological polar surface area (TPSA) is 29.5 Å². The number of para-hydroxylation sites is 1. The van der Waals surface area contributed by atoms with Crippen LogP contribution in [0.2, 0.25) is 0 Å². The summed E-state index contributed by atoms with van der Waals surface area (Å²) in [4.78, 5) is 13.7. The minimum Gasteiger partial charge on any atom is -0.493 e. The molecule has 0 aliphatic heterocycles. The summed E-state index contributed by atoms with van der Waals surface area (Å²) in [5.74, 6) is 0.594. The van der Waals surface area contributed by atoms with Crippen LogP contribution < -0.4 is 4.74 Å². The Morgan fingerprint density at radius 2 is 2.06 bits per heavy atom. The van der Waals surface area contributed by atoms with E-state index in [4.69, 9.17) is 4.74 Å². The Bertz CT molecular complexity index is 383. The predicted molar refractivity (Wildman–Crippen MR) is 64.8 cm³/mol. The molecule has 3 heteroatoms. The highest BCUT2D eigenvalue weighted by atomic mass is 16.5. The van der Waals surface area contributed by atoms with E-state index in [0.717, 1.165) is 0 Å². The molecule has 0 saturated carbocycles. The van der Waals surface area contributed by atoms with Gasteiger partial charge in [-0.2, -0.15) is 0 Å². The first-order chi connectivity index (χ1) is 7.65. The van der Waals surface area contributed by atoms with E-state index < -0.39 is 0 Å². The van der Waals surface area contributed by atoms with E-state index in [9.17, 15) is 4.79 Å². The Kier molecular flexibility index (Phi) is 4.58. The van der Waals surface area contributed by atoms with E-state index in [1.807, 2.05) is 38.1 Å². The summed E-state index contributed by atoms with van der Waals surface area (Å²) in [6.45, 7) is 2.46. The van der Waals surface area contributed by atoms with Crippen molar-refractivity contribution in [1.29, 1.82) is 0 Å². The second-order valence-corrected chi connectivity index (χ2v) is 3.57. The van der Waals surface area contributed by atoms with Crippen LogP contribution in [0.15, 0.2) is 36.5 Å². The molecule has 0 aliphatic carbocycles. The third-order valence-corrected chi connectivity index (χ3v) is 1.98. The second kappa shape index (κ2) is 5.95. The summed E-state index contributed by atoms with van der Waals surface area (Å²) in [5.41, 5.74) is 0.599. The van der Waals surface area contributed by atoms with E-state index in [1.54, 1.807) is 18.3 Å². The zero-order chi connectivity index (χ0) is 12.0. The maximum atomic E-state index is 11.9. The average molecular weight is 219 g/mol. The predicted octanol–water partition coefficient (Wildman–Crippen LogP) is 2.34. The Morgan fingerprint density at radius 1 is 1.38 bits per heavy atom. The lowest BCUT2D eigenvalue weighted by Crippen LogP contribution is -2.05. The van der Waals surface area contributed by atoms with Gasteiger partial charge in [-0.3, -0.25) is 4.79 Å². The molecule has 0 amide bonds. The maximum Gasteiger partial charge on any atom is 0.191 e. The van der Waals surface area contributed by atoms with Gasteiger partial charge in [-0.1, -0.05) is 12.1 Å². The lowest BCUT2D eigenvalue weighted by atomic mass is 10.1. The molecule has 1 aromatic rings. The van der Waals surface area contributed by atoms with Gasteiger partial charge in [0, 0.05) is 26.4 Å². The first-order valence-corrected chi connectivity index (χ1v) is 5.26. The van der Waals surface area contributed by atoms with Crippen molar-refractivity contribution in [2.45, 2.75) is 6.92 Å². The lowest BCUT2D eigenvalue weighted by molar-refractivity contribution is 0.104. The third-order valence-electron chi connectivity index (χ3n) is 1.98. The van der Waals surface area contributed by atoms with Gasteiger partial charge in [-0.05, 0) is 19.1 Å². The van der Waals surface area contributed by atoms with Crippen molar-refractivity contribution in [3.05, 3.63) is 42.1 Å². The summed E-state index contributed by atoms with van der Waals surface area (Å²) in [7, 11) is 3.75. The summed E-state index contributed by atoms with van der Waals surface area (Å²) in [5, 5.41) is 0. The molecule has 0 N–H and O–H groups in total. The fraction of sp³-hybridized carbons (Fsp3) is 0.308. The number of ether oxygens (including phenoxy) is 1. The molecule has 0 atom stereocenters. The maximum absolute atomic E-state index is 11.9. The third kappa shape index (κ3) is 3.42. The molecule has 0 heterocycles. The minimum absolute atomic E-state index is 0.0437. The quantitative estimate of drug-likeness (QED) is 0.562. The van der Waals surface area contributed by atoms with E-state index in [2.05, 4.69) is 0 Å². The summed E-state index contributed by atoms with van der Waals surface area (Å²) in [6.07, 6.45) is 3.27. The zero-order valence-electron chi connectivity index (χ0n) is 9.93. The van der Waals surface area contributed by atoms with Crippen LogP contribution in [0.1, 0.15) is 17.3 Å². The van der Waals surface area contributed by atoms with Gasteiger partial charge in [0.05, 0.1) is 12.2 Å². The van der Waals surface area contributed by atoms with Gasteiger partial charge in [0.25, 0.3) is 0 Å². The van der Waals surface area contributed by atoms with Crippen LogP contribution in [0, 0.1) is 0 Å². The van der Waals surface area contributed by atoms with E-state index >= 15 is 0 Å². The van der Waals surface area contributed by atoms with Gasteiger partial charge < -0.3 is 9.64 Å². The second-order valence-electron chi connectivity index (χ2n) is 3.57. The molecule has 0 bridgehead atoms. The van der Waals surface area contributed by atoms with Crippen LogP contribution in [0.4, 0.5) is 0 Å². The zero-order valence-corrected chi connectivity index (χ0v) is 9.93. The summed E-state index contributed by atoms with van der Waals surface area (Å²) in [6, 6.07) is 7.27. The Labute approximate surface area is 96.3 Å². The smallest absolute Gasteiger partial charge is 0.191 e. The number of carbonyl (C=O) groups excluding carboxylic acids is 1. The Morgan fingerprint density at radius 3 is 2.69 bits per heavy atom. The molecule has 0 radical (unpaired) electrons. The molecule has 0 spiro atoms. The molecule has 1 aromatic carbocycles. The van der Waals surface area contributed by atoms with Gasteiger partial charge >= 0.3 is 0 Å². The fourth-order valence-electron chi connectivity index (χ4n) is 1.26. The number of ketones is 1. The molecule has 1 rings (SSSR count). The van der Waals surface area contributed by atoms with Crippen molar-refractivity contribution in [2.75, 3.05) is 20.7 Å². The van der Waals surface area contributed by atoms with Crippen molar-refractivity contribution in [3.8, 4) is 5.75 Å². The molecule has 0 unspecified atom stereocenters. The number of rotatable bonds is 5. The molecule has 16 heavy (non-hydrogen) atoms. The van der Waals surface area contributed by atoms with Crippen LogP contribution in [-0.4, -0.2) is 31.4 Å². The molecule has 0 fully saturated rings. The molecule has 0 aliphatic rings. The fourth-order valence-corrected chi connectivity index (χ4v) is 1.26.